The van der Waals surface area contributed by atoms with Gasteiger partial charge in [0.25, 0.3) is 0 Å². The molecule has 3 heteroatoms. The molecule has 1 N–H and O–H groups in total. The molecule has 1 heterocycles. The molecule has 1 fully saturated rings. The summed E-state index contributed by atoms with van der Waals surface area (Å²) in [6.07, 6.45) is 6.47. The van der Waals surface area contributed by atoms with Crippen molar-refractivity contribution in [2.45, 2.75) is 39.2 Å². The Morgan fingerprint density at radius 2 is 2.33 bits per heavy atom. The molecule has 90 valence electrons. The Labute approximate surface area is 98.5 Å². The van der Waals surface area contributed by atoms with Crippen molar-refractivity contribution in [1.29, 1.82) is 0 Å². The Hall–Kier alpha value is 0.270. The Morgan fingerprint density at radius 1 is 1.53 bits per heavy atom. The molecule has 0 aromatic heterocycles. The number of hydrogen-bond donors (Lipinski definition) is 1. The standard InChI is InChI=1S/C12H25NOS/c1-4-13-10-12(6-5-9-15-3)7-8-14-11(12)2/h11,13H,4-10H2,1-3H3. The lowest BCUT2D eigenvalue weighted by Gasteiger charge is -2.32. The van der Waals surface area contributed by atoms with Gasteiger partial charge in [0.15, 0.2) is 0 Å². The van der Waals surface area contributed by atoms with E-state index in [0.717, 1.165) is 19.7 Å². The van der Waals surface area contributed by atoms with Gasteiger partial charge in [-0.3, -0.25) is 0 Å². The van der Waals surface area contributed by atoms with Crippen molar-refractivity contribution in [1.82, 2.24) is 5.32 Å². The molecular weight excluding hydrogens is 206 g/mol. The van der Waals surface area contributed by atoms with Gasteiger partial charge in [0.05, 0.1) is 6.10 Å². The molecule has 0 aliphatic carbocycles. The molecule has 15 heavy (non-hydrogen) atoms. The minimum absolute atomic E-state index is 0.408. The van der Waals surface area contributed by atoms with Crippen LogP contribution < -0.4 is 5.32 Å². The first-order valence-corrected chi connectivity index (χ1v) is 7.46. The molecule has 2 unspecified atom stereocenters. The highest BCUT2D eigenvalue weighted by atomic mass is 32.2. The molecule has 0 bridgehead atoms. The lowest BCUT2D eigenvalue weighted by molar-refractivity contribution is 0.0585. The van der Waals surface area contributed by atoms with Crippen molar-refractivity contribution in [3.8, 4) is 0 Å². The fourth-order valence-electron chi connectivity index (χ4n) is 2.41. The molecule has 0 spiro atoms. The summed E-state index contributed by atoms with van der Waals surface area (Å²) in [6, 6.07) is 0. The number of ether oxygens (including phenoxy) is 1. The summed E-state index contributed by atoms with van der Waals surface area (Å²) in [4.78, 5) is 0. The van der Waals surface area contributed by atoms with Crippen molar-refractivity contribution in [3.05, 3.63) is 0 Å². The van der Waals surface area contributed by atoms with E-state index in [9.17, 15) is 0 Å². The summed E-state index contributed by atoms with van der Waals surface area (Å²) in [7, 11) is 0. The number of thioether (sulfide) groups is 1. The van der Waals surface area contributed by atoms with Gasteiger partial charge < -0.3 is 10.1 Å². The second-order valence-corrected chi connectivity index (χ2v) is 5.49. The average molecular weight is 231 g/mol. The molecule has 1 aliphatic heterocycles. The van der Waals surface area contributed by atoms with Crippen LogP contribution in [0.25, 0.3) is 0 Å². The first-order valence-electron chi connectivity index (χ1n) is 6.06. The average Bonchev–Trinajstić information content (AvgIpc) is 2.59. The molecule has 1 rings (SSSR count). The van der Waals surface area contributed by atoms with E-state index in [-0.39, 0.29) is 0 Å². The van der Waals surface area contributed by atoms with Crippen molar-refractivity contribution >= 4 is 11.8 Å². The molecule has 0 radical (unpaired) electrons. The van der Waals surface area contributed by atoms with E-state index in [4.69, 9.17) is 4.74 Å². The predicted molar refractivity (Wildman–Crippen MR) is 68.6 cm³/mol. The molecule has 0 aromatic carbocycles. The topological polar surface area (TPSA) is 21.3 Å². The molecule has 1 saturated heterocycles. The molecule has 2 atom stereocenters. The van der Waals surface area contributed by atoms with E-state index < -0.39 is 0 Å². The highest BCUT2D eigenvalue weighted by molar-refractivity contribution is 7.98. The lowest BCUT2D eigenvalue weighted by atomic mass is 9.77. The van der Waals surface area contributed by atoms with E-state index >= 15 is 0 Å². The summed E-state index contributed by atoms with van der Waals surface area (Å²) >= 11 is 1.95. The first-order chi connectivity index (χ1) is 7.25. The lowest BCUT2D eigenvalue weighted by Crippen LogP contribution is -2.39. The Balaban J connectivity index is 2.44. The second-order valence-electron chi connectivity index (χ2n) is 4.50. The first kappa shape index (κ1) is 13.3. The fraction of sp³-hybridized carbons (Fsp3) is 1.00. The second kappa shape index (κ2) is 6.77. The predicted octanol–water partition coefficient (Wildman–Crippen LogP) is 2.53. The van der Waals surface area contributed by atoms with E-state index in [1.807, 2.05) is 11.8 Å². The van der Waals surface area contributed by atoms with Crippen LogP contribution in [0.1, 0.15) is 33.1 Å². The fourth-order valence-corrected chi connectivity index (χ4v) is 2.84. The summed E-state index contributed by atoms with van der Waals surface area (Å²) < 4.78 is 5.75. The Bertz CT molecular complexity index is 177. The molecule has 1 aliphatic rings. The summed E-state index contributed by atoms with van der Waals surface area (Å²) in [5.74, 6) is 1.28. The van der Waals surface area contributed by atoms with Gasteiger partial charge in [0.1, 0.15) is 0 Å². The van der Waals surface area contributed by atoms with Crippen LogP contribution in [-0.2, 0) is 4.74 Å². The zero-order chi connectivity index (χ0) is 11.1. The van der Waals surface area contributed by atoms with E-state index in [2.05, 4.69) is 25.4 Å². The monoisotopic (exact) mass is 231 g/mol. The molecule has 0 amide bonds. The zero-order valence-electron chi connectivity index (χ0n) is 10.3. The largest absolute Gasteiger partial charge is 0.378 e. The third-order valence-electron chi connectivity index (χ3n) is 3.58. The summed E-state index contributed by atoms with van der Waals surface area (Å²) in [6.45, 7) is 7.56. The van der Waals surface area contributed by atoms with Gasteiger partial charge in [-0.15, -0.1) is 0 Å². The Morgan fingerprint density at radius 3 is 2.87 bits per heavy atom. The SMILES string of the molecule is CCNCC1(CCCSC)CCOC1C. The molecule has 0 saturated carbocycles. The van der Waals surface area contributed by atoms with Crippen LogP contribution in [0.3, 0.4) is 0 Å². The summed E-state index contributed by atoms with van der Waals surface area (Å²) in [5.41, 5.74) is 0.408. The van der Waals surface area contributed by atoms with E-state index in [1.165, 1.54) is 25.0 Å². The molecule has 2 nitrogen and oxygen atoms in total. The Kier molecular flexibility index (Phi) is 6.02. The quantitative estimate of drug-likeness (QED) is 0.680. The number of nitrogens with one attached hydrogen (secondary N) is 1. The van der Waals surface area contributed by atoms with Gasteiger partial charge in [-0.25, -0.2) is 0 Å². The maximum Gasteiger partial charge on any atom is 0.0616 e. The van der Waals surface area contributed by atoms with Gasteiger partial charge >= 0.3 is 0 Å². The van der Waals surface area contributed by atoms with Crippen molar-refractivity contribution in [2.75, 3.05) is 31.7 Å². The van der Waals surface area contributed by atoms with Crippen LogP contribution in [0.5, 0.6) is 0 Å². The third-order valence-corrected chi connectivity index (χ3v) is 4.28. The summed E-state index contributed by atoms with van der Waals surface area (Å²) in [5, 5.41) is 3.50. The van der Waals surface area contributed by atoms with Crippen molar-refractivity contribution in [3.63, 3.8) is 0 Å². The van der Waals surface area contributed by atoms with Gasteiger partial charge in [-0.2, -0.15) is 11.8 Å². The van der Waals surface area contributed by atoms with E-state index in [1.54, 1.807) is 0 Å². The maximum atomic E-state index is 5.75. The van der Waals surface area contributed by atoms with E-state index in [0.29, 0.717) is 11.5 Å². The number of rotatable bonds is 7. The van der Waals surface area contributed by atoms with Crippen LogP contribution in [0.4, 0.5) is 0 Å². The van der Waals surface area contributed by atoms with Crippen LogP contribution in [-0.4, -0.2) is 37.8 Å². The van der Waals surface area contributed by atoms with Crippen LogP contribution in [0, 0.1) is 5.41 Å². The normalized spacial score (nSPS) is 31.0. The zero-order valence-corrected chi connectivity index (χ0v) is 11.2. The van der Waals surface area contributed by atoms with Crippen LogP contribution in [0.2, 0.25) is 0 Å². The minimum atomic E-state index is 0.408. The molecular formula is C12H25NOS. The highest BCUT2D eigenvalue weighted by Crippen LogP contribution is 2.38. The van der Waals surface area contributed by atoms with Crippen molar-refractivity contribution in [2.24, 2.45) is 5.41 Å². The van der Waals surface area contributed by atoms with Gasteiger partial charge in [0.2, 0.25) is 0 Å². The molecule has 0 aromatic rings. The van der Waals surface area contributed by atoms with Crippen LogP contribution in [0.15, 0.2) is 0 Å². The number of hydrogen-bond acceptors (Lipinski definition) is 3. The van der Waals surface area contributed by atoms with Crippen molar-refractivity contribution < 1.29 is 4.74 Å². The van der Waals surface area contributed by atoms with Gasteiger partial charge in [0, 0.05) is 18.6 Å². The van der Waals surface area contributed by atoms with Gasteiger partial charge in [-0.1, -0.05) is 6.92 Å². The maximum absolute atomic E-state index is 5.75. The minimum Gasteiger partial charge on any atom is -0.378 e. The third kappa shape index (κ3) is 3.65. The van der Waals surface area contributed by atoms with Crippen LogP contribution >= 0.6 is 11.8 Å². The van der Waals surface area contributed by atoms with Gasteiger partial charge in [-0.05, 0) is 44.7 Å². The highest BCUT2D eigenvalue weighted by Gasteiger charge is 2.40. The smallest absolute Gasteiger partial charge is 0.0616 e.